The summed E-state index contributed by atoms with van der Waals surface area (Å²) >= 11 is 0. The van der Waals surface area contributed by atoms with E-state index < -0.39 is 0 Å². The summed E-state index contributed by atoms with van der Waals surface area (Å²) in [7, 11) is 0. The minimum atomic E-state index is 0.401. The van der Waals surface area contributed by atoms with E-state index in [1.165, 1.54) is 6.33 Å². The zero-order chi connectivity index (χ0) is 15.6. The lowest BCUT2D eigenvalue weighted by atomic mass is 10.3. The number of aromatic nitrogens is 5. The van der Waals surface area contributed by atoms with E-state index in [0.29, 0.717) is 22.7 Å². The largest absolute Gasteiger partial charge is 0.439 e. The number of ether oxygens (including phenoxy) is 1. The van der Waals surface area contributed by atoms with Crippen LogP contribution >= 0.6 is 0 Å². The van der Waals surface area contributed by atoms with E-state index in [2.05, 4.69) is 20.1 Å². The Morgan fingerprint density at radius 1 is 0.913 bits per heavy atom. The second kappa shape index (κ2) is 5.38. The van der Waals surface area contributed by atoms with Crippen molar-refractivity contribution < 1.29 is 4.74 Å². The molecule has 3 heterocycles. The molecule has 0 spiro atoms. The third-order valence-electron chi connectivity index (χ3n) is 3.33. The number of rotatable bonds is 3. The molecule has 3 aromatic heterocycles. The molecule has 0 radical (unpaired) electrons. The first kappa shape index (κ1) is 13.2. The van der Waals surface area contributed by atoms with Gasteiger partial charge in [0.2, 0.25) is 5.88 Å². The zero-order valence-corrected chi connectivity index (χ0v) is 12.0. The lowest BCUT2D eigenvalue weighted by molar-refractivity contribution is 0.462. The fourth-order valence-electron chi connectivity index (χ4n) is 2.22. The molecular weight excluding hydrogens is 292 g/mol. The van der Waals surface area contributed by atoms with Crippen molar-refractivity contribution >= 4 is 16.9 Å². The minimum absolute atomic E-state index is 0.401. The highest BCUT2D eigenvalue weighted by Gasteiger charge is 2.09. The van der Waals surface area contributed by atoms with Gasteiger partial charge in [-0.2, -0.15) is 5.10 Å². The van der Waals surface area contributed by atoms with Gasteiger partial charge in [0.15, 0.2) is 5.65 Å². The zero-order valence-electron chi connectivity index (χ0n) is 12.0. The van der Waals surface area contributed by atoms with Gasteiger partial charge in [0.1, 0.15) is 17.9 Å². The van der Waals surface area contributed by atoms with Crippen LogP contribution in [0.4, 0.5) is 5.82 Å². The Kier molecular flexibility index (Phi) is 3.09. The van der Waals surface area contributed by atoms with Crippen LogP contribution in [0.2, 0.25) is 0 Å². The first-order valence-electron chi connectivity index (χ1n) is 6.95. The molecule has 2 N–H and O–H groups in total. The maximum absolute atomic E-state index is 5.82. The van der Waals surface area contributed by atoms with Gasteiger partial charge >= 0.3 is 0 Å². The summed E-state index contributed by atoms with van der Waals surface area (Å²) in [5.74, 6) is 1.64. The number of nitrogen functional groups attached to an aromatic ring is 1. The summed E-state index contributed by atoms with van der Waals surface area (Å²) in [5.41, 5.74) is 7.22. The molecule has 4 aromatic rings. The third-order valence-corrected chi connectivity index (χ3v) is 3.33. The van der Waals surface area contributed by atoms with E-state index in [1.54, 1.807) is 23.1 Å². The number of hydrogen-bond donors (Lipinski definition) is 1. The highest BCUT2D eigenvalue weighted by atomic mass is 16.5. The molecule has 7 nitrogen and oxygen atoms in total. The predicted octanol–water partition coefficient (Wildman–Crippen LogP) is 2.59. The van der Waals surface area contributed by atoms with E-state index in [1.807, 2.05) is 36.4 Å². The molecule has 1 aromatic carbocycles. The quantitative estimate of drug-likeness (QED) is 0.625. The normalized spacial score (nSPS) is 10.8. The monoisotopic (exact) mass is 304 g/mol. The van der Waals surface area contributed by atoms with E-state index in [0.717, 1.165) is 11.4 Å². The highest BCUT2D eigenvalue weighted by Crippen LogP contribution is 2.22. The van der Waals surface area contributed by atoms with E-state index >= 15 is 0 Å². The molecule has 4 rings (SSSR count). The van der Waals surface area contributed by atoms with Gasteiger partial charge in [-0.25, -0.2) is 19.6 Å². The summed E-state index contributed by atoms with van der Waals surface area (Å²) < 4.78 is 7.33. The van der Waals surface area contributed by atoms with Crippen LogP contribution in [-0.2, 0) is 0 Å². The lowest BCUT2D eigenvalue weighted by Gasteiger charge is -2.06. The second-order valence-electron chi connectivity index (χ2n) is 4.82. The van der Waals surface area contributed by atoms with Crippen molar-refractivity contribution in [2.24, 2.45) is 0 Å². The molecule has 0 amide bonds. The number of hydrogen-bond acceptors (Lipinski definition) is 6. The maximum Gasteiger partial charge on any atom is 0.219 e. The molecule has 0 aliphatic carbocycles. The number of anilines is 1. The molecule has 0 saturated carbocycles. The SMILES string of the molecule is Nc1ncnc2c1cnn2-c1ccc(Oc2ccccc2)nc1. The number of nitrogens with two attached hydrogens (primary N) is 1. The Morgan fingerprint density at radius 2 is 1.78 bits per heavy atom. The highest BCUT2D eigenvalue weighted by molar-refractivity contribution is 5.85. The van der Waals surface area contributed by atoms with Gasteiger partial charge < -0.3 is 10.5 Å². The third kappa shape index (κ3) is 2.44. The summed E-state index contributed by atoms with van der Waals surface area (Å²) in [6.45, 7) is 0. The topological polar surface area (TPSA) is 91.7 Å². The van der Waals surface area contributed by atoms with Crippen LogP contribution in [0.25, 0.3) is 16.7 Å². The molecule has 0 bridgehead atoms. The molecule has 7 heteroatoms. The van der Waals surface area contributed by atoms with E-state index in [9.17, 15) is 0 Å². The molecule has 0 aliphatic rings. The fourth-order valence-corrected chi connectivity index (χ4v) is 2.22. The van der Waals surface area contributed by atoms with Crippen molar-refractivity contribution in [3.05, 3.63) is 61.2 Å². The van der Waals surface area contributed by atoms with E-state index in [-0.39, 0.29) is 0 Å². The van der Waals surface area contributed by atoms with Gasteiger partial charge in [-0.3, -0.25) is 0 Å². The van der Waals surface area contributed by atoms with Crippen molar-refractivity contribution in [3.63, 3.8) is 0 Å². The lowest BCUT2D eigenvalue weighted by Crippen LogP contribution is -2.00. The Balaban J connectivity index is 1.66. The molecule has 0 fully saturated rings. The summed E-state index contributed by atoms with van der Waals surface area (Å²) in [4.78, 5) is 12.5. The van der Waals surface area contributed by atoms with Gasteiger partial charge in [-0.05, 0) is 18.2 Å². The maximum atomic E-state index is 5.82. The van der Waals surface area contributed by atoms with E-state index in [4.69, 9.17) is 10.5 Å². The fraction of sp³-hybridized carbons (Fsp3) is 0. The summed E-state index contributed by atoms with van der Waals surface area (Å²) in [5, 5.41) is 5.00. The van der Waals surface area contributed by atoms with Crippen LogP contribution in [0.5, 0.6) is 11.6 Å². The number of fused-ring (bicyclic) bond motifs is 1. The molecular formula is C16H12N6O. The van der Waals surface area contributed by atoms with Crippen molar-refractivity contribution in [2.75, 3.05) is 5.73 Å². The second-order valence-corrected chi connectivity index (χ2v) is 4.82. The van der Waals surface area contributed by atoms with Crippen molar-refractivity contribution in [3.8, 4) is 17.3 Å². The van der Waals surface area contributed by atoms with Crippen LogP contribution < -0.4 is 10.5 Å². The van der Waals surface area contributed by atoms with Crippen LogP contribution in [0.3, 0.4) is 0 Å². The average Bonchev–Trinajstić information content (AvgIpc) is 3.02. The van der Waals surface area contributed by atoms with Gasteiger partial charge in [-0.15, -0.1) is 0 Å². The first-order chi connectivity index (χ1) is 11.3. The number of nitrogens with zero attached hydrogens (tertiary/aromatic N) is 5. The first-order valence-corrected chi connectivity index (χ1v) is 6.95. The summed E-state index contributed by atoms with van der Waals surface area (Å²) in [6.07, 6.45) is 4.72. The van der Waals surface area contributed by atoms with Crippen LogP contribution in [-0.4, -0.2) is 24.7 Å². The Hall–Kier alpha value is -3.48. The van der Waals surface area contributed by atoms with Gasteiger partial charge in [0.25, 0.3) is 0 Å². The van der Waals surface area contributed by atoms with Crippen molar-refractivity contribution in [1.82, 2.24) is 24.7 Å². The molecule has 0 aliphatic heterocycles. The number of benzene rings is 1. The van der Waals surface area contributed by atoms with Gasteiger partial charge in [0, 0.05) is 6.07 Å². The Labute approximate surface area is 131 Å². The molecule has 23 heavy (non-hydrogen) atoms. The summed E-state index contributed by atoms with van der Waals surface area (Å²) in [6, 6.07) is 13.1. The Morgan fingerprint density at radius 3 is 2.57 bits per heavy atom. The van der Waals surface area contributed by atoms with Crippen molar-refractivity contribution in [1.29, 1.82) is 0 Å². The van der Waals surface area contributed by atoms with Crippen LogP contribution in [0, 0.1) is 0 Å². The number of para-hydroxylation sites is 1. The van der Waals surface area contributed by atoms with Crippen LogP contribution in [0.1, 0.15) is 0 Å². The smallest absolute Gasteiger partial charge is 0.219 e. The minimum Gasteiger partial charge on any atom is -0.439 e. The molecule has 0 atom stereocenters. The number of pyridine rings is 1. The molecule has 0 saturated heterocycles. The standard InChI is InChI=1S/C16H12N6O/c17-15-13-9-21-22(16(13)20-10-19-15)11-6-7-14(18-8-11)23-12-4-2-1-3-5-12/h1-10H,(H2,17,19,20). The molecule has 0 unspecified atom stereocenters. The van der Waals surface area contributed by atoms with Crippen molar-refractivity contribution in [2.45, 2.75) is 0 Å². The molecule has 112 valence electrons. The predicted molar refractivity (Wildman–Crippen MR) is 85.4 cm³/mol. The van der Waals surface area contributed by atoms with Gasteiger partial charge in [0.05, 0.1) is 23.5 Å². The van der Waals surface area contributed by atoms with Gasteiger partial charge in [-0.1, -0.05) is 18.2 Å². The Bertz CT molecular complexity index is 949. The van der Waals surface area contributed by atoms with Crippen LogP contribution in [0.15, 0.2) is 61.2 Å². The average molecular weight is 304 g/mol.